The third kappa shape index (κ3) is 4.43. The summed E-state index contributed by atoms with van der Waals surface area (Å²) in [5.41, 5.74) is 9.73. The number of carbonyl (C=O) groups is 2. The molecule has 3 aromatic carbocycles. The lowest BCUT2D eigenvalue weighted by molar-refractivity contribution is -0.136. The van der Waals surface area contributed by atoms with Gasteiger partial charge in [-0.15, -0.1) is 0 Å². The fourth-order valence-corrected chi connectivity index (χ4v) is 4.38. The smallest absolute Gasteiger partial charge is 0.303 e. The topological polar surface area (TPSA) is 74.6 Å². The number of nitrogens with zero attached hydrogens (tertiary/aromatic N) is 2. The van der Waals surface area contributed by atoms with Crippen LogP contribution < -0.4 is 10.3 Å². The Labute approximate surface area is 198 Å². The second kappa shape index (κ2) is 9.27. The molecule has 6 nitrogen and oxygen atoms in total. The lowest BCUT2D eigenvalue weighted by Gasteiger charge is -2.18. The van der Waals surface area contributed by atoms with E-state index in [2.05, 4.69) is 34.6 Å². The summed E-state index contributed by atoms with van der Waals surface area (Å²) in [4.78, 5) is 26.5. The first-order valence-corrected chi connectivity index (χ1v) is 11.3. The number of aliphatic carboxylic acids is 1. The predicted octanol–water partition coefficient (Wildman–Crippen LogP) is 5.08. The Morgan fingerprint density at radius 2 is 1.44 bits per heavy atom. The van der Waals surface area contributed by atoms with Crippen LogP contribution in [0.15, 0.2) is 91.0 Å². The molecule has 1 aromatic heterocycles. The molecule has 170 valence electrons. The minimum absolute atomic E-state index is 0.0129. The molecular weight excluding hydrogens is 426 g/mol. The van der Waals surface area contributed by atoms with E-state index >= 15 is 0 Å². The van der Waals surface area contributed by atoms with Crippen LogP contribution in [0.4, 0.5) is 5.69 Å². The summed E-state index contributed by atoms with van der Waals surface area (Å²) < 4.78 is 1.70. The summed E-state index contributed by atoms with van der Waals surface area (Å²) in [7, 11) is 0. The largest absolute Gasteiger partial charge is 0.481 e. The number of anilines is 1. The van der Waals surface area contributed by atoms with Crippen LogP contribution in [-0.4, -0.2) is 21.7 Å². The molecule has 2 N–H and O–H groups in total. The van der Waals surface area contributed by atoms with Gasteiger partial charge in [-0.2, -0.15) is 0 Å². The summed E-state index contributed by atoms with van der Waals surface area (Å²) in [6.45, 7) is 1.72. The van der Waals surface area contributed by atoms with E-state index in [1.165, 1.54) is 11.1 Å². The molecule has 2 heterocycles. The average molecular weight is 452 g/mol. The molecule has 0 unspecified atom stereocenters. The fraction of sp³-hybridized carbons (Fsp3) is 0.143. The Balaban J connectivity index is 1.35. The van der Waals surface area contributed by atoms with Crippen molar-refractivity contribution in [3.63, 3.8) is 0 Å². The molecule has 0 fully saturated rings. The first-order valence-electron chi connectivity index (χ1n) is 11.3. The molecule has 0 saturated heterocycles. The van der Waals surface area contributed by atoms with Gasteiger partial charge < -0.3 is 10.0 Å². The zero-order chi connectivity index (χ0) is 23.5. The van der Waals surface area contributed by atoms with Crippen molar-refractivity contribution in [2.24, 2.45) is 0 Å². The van der Waals surface area contributed by atoms with Gasteiger partial charge in [0.15, 0.2) is 0 Å². The van der Waals surface area contributed by atoms with E-state index in [1.807, 2.05) is 66.7 Å². The zero-order valence-electron chi connectivity index (χ0n) is 18.6. The van der Waals surface area contributed by atoms with Gasteiger partial charge in [-0.3, -0.25) is 19.7 Å². The van der Waals surface area contributed by atoms with Crippen LogP contribution in [0.3, 0.4) is 0 Å². The molecule has 4 aromatic rings. The van der Waals surface area contributed by atoms with Gasteiger partial charge in [0.05, 0.1) is 12.1 Å². The molecular formula is C28H25N3O3. The minimum Gasteiger partial charge on any atom is -0.481 e. The first-order chi connectivity index (χ1) is 16.6. The molecule has 1 amide bonds. The number of carbonyl (C=O) groups excluding carboxylic acids is 1. The highest BCUT2D eigenvalue weighted by atomic mass is 16.4. The van der Waals surface area contributed by atoms with Crippen molar-refractivity contribution >= 4 is 17.6 Å². The molecule has 0 spiro atoms. The molecule has 1 aliphatic rings. The summed E-state index contributed by atoms with van der Waals surface area (Å²) in [6, 6.07) is 29.5. The van der Waals surface area contributed by atoms with Crippen molar-refractivity contribution in [2.75, 3.05) is 10.3 Å². The summed E-state index contributed by atoms with van der Waals surface area (Å²) in [5, 5.41) is 9.12. The quantitative estimate of drug-likeness (QED) is 0.411. The van der Waals surface area contributed by atoms with E-state index in [-0.39, 0.29) is 12.3 Å². The Bertz CT molecular complexity index is 1300. The summed E-state index contributed by atoms with van der Waals surface area (Å²) in [6.07, 6.45) is 0.304. The summed E-state index contributed by atoms with van der Waals surface area (Å²) in [5.74, 6) is -1.12. The third-order valence-corrected chi connectivity index (χ3v) is 6.18. The number of benzene rings is 3. The first kappa shape index (κ1) is 21.5. The number of amides is 1. The van der Waals surface area contributed by atoms with Crippen LogP contribution >= 0.6 is 0 Å². The van der Waals surface area contributed by atoms with Gasteiger partial charge in [-0.05, 0) is 47.5 Å². The number of aryl methyl sites for hydroxylation is 1. The Kier molecular flexibility index (Phi) is 5.87. The Morgan fingerprint density at radius 1 is 0.794 bits per heavy atom. The normalized spacial score (nSPS) is 12.4. The maximum absolute atomic E-state index is 13.1. The van der Waals surface area contributed by atoms with Gasteiger partial charge >= 0.3 is 5.97 Å². The van der Waals surface area contributed by atoms with Crippen LogP contribution in [0, 0.1) is 0 Å². The number of carboxylic acids is 1. The van der Waals surface area contributed by atoms with Crippen LogP contribution in [0.2, 0.25) is 0 Å². The second-order valence-electron chi connectivity index (χ2n) is 8.42. The zero-order valence-corrected chi connectivity index (χ0v) is 18.6. The molecule has 0 atom stereocenters. The highest BCUT2D eigenvalue weighted by Crippen LogP contribution is 2.28. The van der Waals surface area contributed by atoms with Gasteiger partial charge in [-0.25, -0.2) is 0 Å². The molecule has 0 radical (unpaired) electrons. The van der Waals surface area contributed by atoms with Crippen molar-refractivity contribution in [1.82, 2.24) is 4.68 Å². The highest BCUT2D eigenvalue weighted by Gasteiger charge is 2.19. The molecule has 1 aliphatic heterocycles. The SMILES string of the molecule is O=C(O)CCc1ccc(-c2ccccc2)n1NC(=O)c1ccc(N2Cc3ccccc3C2)cc1. The lowest BCUT2D eigenvalue weighted by Crippen LogP contribution is -2.25. The number of fused-ring (bicyclic) bond motifs is 1. The standard InChI is InChI=1S/C28H25N3O3/c32-27(33)17-15-25-14-16-26(20-6-2-1-3-7-20)31(25)29-28(34)21-10-12-24(13-11-21)30-18-22-8-4-5-9-23(22)19-30/h1-14,16H,15,17-19H2,(H,29,34)(H,32,33). The third-order valence-electron chi connectivity index (χ3n) is 6.18. The monoisotopic (exact) mass is 451 g/mol. The number of hydrogen-bond acceptors (Lipinski definition) is 3. The maximum Gasteiger partial charge on any atom is 0.303 e. The number of hydrogen-bond donors (Lipinski definition) is 2. The van der Waals surface area contributed by atoms with Crippen LogP contribution in [0.1, 0.15) is 33.6 Å². The Hall–Kier alpha value is -4.32. The fourth-order valence-electron chi connectivity index (χ4n) is 4.38. The van der Waals surface area contributed by atoms with E-state index in [0.717, 1.165) is 35.7 Å². The van der Waals surface area contributed by atoms with Crippen molar-refractivity contribution in [3.05, 3.63) is 113 Å². The van der Waals surface area contributed by atoms with Gasteiger partial charge in [0.2, 0.25) is 0 Å². The van der Waals surface area contributed by atoms with E-state index in [0.29, 0.717) is 12.0 Å². The van der Waals surface area contributed by atoms with Gasteiger partial charge in [0.1, 0.15) is 0 Å². The van der Waals surface area contributed by atoms with Gasteiger partial charge in [0, 0.05) is 42.0 Å². The van der Waals surface area contributed by atoms with E-state index in [9.17, 15) is 9.59 Å². The van der Waals surface area contributed by atoms with Gasteiger partial charge in [-0.1, -0.05) is 54.6 Å². The lowest BCUT2D eigenvalue weighted by atomic mass is 10.1. The molecule has 5 rings (SSSR count). The van der Waals surface area contributed by atoms with Crippen molar-refractivity contribution in [3.8, 4) is 11.3 Å². The van der Waals surface area contributed by atoms with E-state index in [1.54, 1.807) is 4.68 Å². The number of nitrogens with one attached hydrogen (secondary N) is 1. The van der Waals surface area contributed by atoms with Crippen LogP contribution in [0.25, 0.3) is 11.3 Å². The van der Waals surface area contributed by atoms with E-state index in [4.69, 9.17) is 5.11 Å². The van der Waals surface area contributed by atoms with Crippen LogP contribution in [0.5, 0.6) is 0 Å². The molecule has 6 heteroatoms. The van der Waals surface area contributed by atoms with Crippen molar-refractivity contribution in [2.45, 2.75) is 25.9 Å². The number of aromatic nitrogens is 1. The molecule has 0 aliphatic carbocycles. The predicted molar refractivity (Wildman–Crippen MR) is 132 cm³/mol. The van der Waals surface area contributed by atoms with Gasteiger partial charge in [0.25, 0.3) is 5.91 Å². The maximum atomic E-state index is 13.1. The van der Waals surface area contributed by atoms with Crippen LogP contribution in [-0.2, 0) is 24.3 Å². The summed E-state index contributed by atoms with van der Waals surface area (Å²) >= 11 is 0. The molecule has 34 heavy (non-hydrogen) atoms. The molecule has 0 saturated carbocycles. The Morgan fingerprint density at radius 3 is 2.09 bits per heavy atom. The minimum atomic E-state index is -0.875. The highest BCUT2D eigenvalue weighted by molar-refractivity contribution is 6.00. The molecule has 0 bridgehead atoms. The van der Waals surface area contributed by atoms with E-state index < -0.39 is 5.97 Å². The average Bonchev–Trinajstić information content (AvgIpc) is 3.47. The van der Waals surface area contributed by atoms with Crippen molar-refractivity contribution < 1.29 is 14.7 Å². The second-order valence-corrected chi connectivity index (χ2v) is 8.42. The van der Waals surface area contributed by atoms with Crippen molar-refractivity contribution in [1.29, 1.82) is 0 Å². The number of rotatable bonds is 7. The number of carboxylic acid groups (broad SMARTS) is 1.